The molecule has 0 aliphatic heterocycles. The molecule has 1 aromatic heterocycles. The SMILES string of the molecule is Cc1cncc(C(N)C2CCC(C)C(C)C2)c1. The number of rotatable bonds is 2. The van der Waals surface area contributed by atoms with Crippen LogP contribution in [0.1, 0.15) is 50.3 Å². The molecule has 2 nitrogen and oxygen atoms in total. The average molecular weight is 232 g/mol. The van der Waals surface area contributed by atoms with Crippen LogP contribution in [-0.2, 0) is 0 Å². The van der Waals surface area contributed by atoms with Gasteiger partial charge in [0.15, 0.2) is 0 Å². The van der Waals surface area contributed by atoms with Crippen LogP contribution in [0.25, 0.3) is 0 Å². The van der Waals surface area contributed by atoms with Crippen LogP contribution in [0.4, 0.5) is 0 Å². The third-order valence-corrected chi connectivity index (χ3v) is 4.43. The number of nitrogens with zero attached hydrogens (tertiary/aromatic N) is 1. The first-order valence-electron chi connectivity index (χ1n) is 6.75. The van der Waals surface area contributed by atoms with Crippen LogP contribution in [-0.4, -0.2) is 4.98 Å². The van der Waals surface area contributed by atoms with E-state index in [2.05, 4.69) is 31.8 Å². The van der Waals surface area contributed by atoms with Crippen molar-refractivity contribution in [3.8, 4) is 0 Å². The Morgan fingerprint density at radius 3 is 2.65 bits per heavy atom. The molecule has 4 atom stereocenters. The van der Waals surface area contributed by atoms with Gasteiger partial charge in [-0.3, -0.25) is 4.98 Å². The van der Waals surface area contributed by atoms with Crippen molar-refractivity contribution in [1.82, 2.24) is 4.98 Å². The molecule has 1 aliphatic rings. The fourth-order valence-electron chi connectivity index (χ4n) is 2.95. The lowest BCUT2D eigenvalue weighted by molar-refractivity contribution is 0.186. The summed E-state index contributed by atoms with van der Waals surface area (Å²) in [5, 5.41) is 0. The molecule has 1 aliphatic carbocycles. The Balaban J connectivity index is 2.07. The number of pyridine rings is 1. The Morgan fingerprint density at radius 1 is 1.24 bits per heavy atom. The van der Waals surface area contributed by atoms with Gasteiger partial charge in [-0.25, -0.2) is 0 Å². The third-order valence-electron chi connectivity index (χ3n) is 4.43. The number of hydrogen-bond acceptors (Lipinski definition) is 2. The fraction of sp³-hybridized carbons (Fsp3) is 0.667. The first-order valence-corrected chi connectivity index (χ1v) is 6.75. The minimum Gasteiger partial charge on any atom is -0.324 e. The Hall–Kier alpha value is -0.890. The summed E-state index contributed by atoms with van der Waals surface area (Å²) in [5.41, 5.74) is 8.82. The van der Waals surface area contributed by atoms with Gasteiger partial charge in [0.2, 0.25) is 0 Å². The van der Waals surface area contributed by atoms with E-state index in [4.69, 9.17) is 5.73 Å². The molecule has 0 radical (unpaired) electrons. The summed E-state index contributed by atoms with van der Waals surface area (Å²) in [6, 6.07) is 2.35. The molecule has 4 unspecified atom stereocenters. The predicted molar refractivity (Wildman–Crippen MR) is 71.6 cm³/mol. The van der Waals surface area contributed by atoms with Gasteiger partial charge in [-0.2, -0.15) is 0 Å². The van der Waals surface area contributed by atoms with E-state index < -0.39 is 0 Å². The van der Waals surface area contributed by atoms with E-state index in [1.807, 2.05) is 12.4 Å². The second-order valence-corrected chi connectivity index (χ2v) is 5.85. The summed E-state index contributed by atoms with van der Waals surface area (Å²) in [6.07, 6.45) is 7.66. The Morgan fingerprint density at radius 2 is 2.00 bits per heavy atom. The summed E-state index contributed by atoms with van der Waals surface area (Å²) < 4.78 is 0. The lowest BCUT2D eigenvalue weighted by Gasteiger charge is -2.35. The number of nitrogens with two attached hydrogens (primary N) is 1. The molecule has 0 saturated heterocycles. The zero-order valence-electron chi connectivity index (χ0n) is 11.2. The maximum Gasteiger partial charge on any atom is 0.0339 e. The van der Waals surface area contributed by atoms with E-state index in [0.29, 0.717) is 5.92 Å². The topological polar surface area (TPSA) is 38.9 Å². The highest BCUT2D eigenvalue weighted by Gasteiger charge is 2.29. The summed E-state index contributed by atoms with van der Waals surface area (Å²) in [5.74, 6) is 2.29. The standard InChI is InChI=1S/C15H24N2/c1-10-6-14(9-17-8-10)15(16)13-5-4-11(2)12(3)7-13/h6,8-9,11-13,15H,4-5,7,16H2,1-3H3. The maximum atomic E-state index is 6.41. The highest BCUT2D eigenvalue weighted by atomic mass is 14.7. The number of aromatic nitrogens is 1. The van der Waals surface area contributed by atoms with E-state index in [-0.39, 0.29) is 6.04 Å². The molecule has 2 N–H and O–H groups in total. The molecule has 2 rings (SSSR count). The molecule has 94 valence electrons. The van der Waals surface area contributed by atoms with Crippen molar-refractivity contribution >= 4 is 0 Å². The average Bonchev–Trinajstić information content (AvgIpc) is 2.32. The van der Waals surface area contributed by atoms with Crippen LogP contribution < -0.4 is 5.73 Å². The van der Waals surface area contributed by atoms with Gasteiger partial charge in [0.1, 0.15) is 0 Å². The highest BCUT2D eigenvalue weighted by molar-refractivity contribution is 5.20. The summed E-state index contributed by atoms with van der Waals surface area (Å²) in [6.45, 7) is 6.80. The van der Waals surface area contributed by atoms with Crippen molar-refractivity contribution in [2.45, 2.75) is 46.1 Å². The normalized spacial score (nSPS) is 31.2. The zero-order chi connectivity index (χ0) is 12.4. The second kappa shape index (κ2) is 5.18. The first-order chi connectivity index (χ1) is 8.08. The van der Waals surface area contributed by atoms with E-state index in [1.54, 1.807) is 0 Å². The Labute approximate surface area is 105 Å². The largest absolute Gasteiger partial charge is 0.324 e. The molecular weight excluding hydrogens is 208 g/mol. The predicted octanol–water partition coefficient (Wildman–Crippen LogP) is 3.46. The van der Waals surface area contributed by atoms with Crippen molar-refractivity contribution in [3.05, 3.63) is 29.6 Å². The second-order valence-electron chi connectivity index (χ2n) is 5.85. The minimum atomic E-state index is 0.164. The minimum absolute atomic E-state index is 0.164. The van der Waals surface area contributed by atoms with E-state index >= 15 is 0 Å². The van der Waals surface area contributed by atoms with Gasteiger partial charge < -0.3 is 5.73 Å². The quantitative estimate of drug-likeness (QED) is 0.848. The van der Waals surface area contributed by atoms with Crippen molar-refractivity contribution in [3.63, 3.8) is 0 Å². The molecule has 1 saturated carbocycles. The fourth-order valence-corrected chi connectivity index (χ4v) is 2.95. The molecule has 1 aromatic rings. The molecule has 1 fully saturated rings. The van der Waals surface area contributed by atoms with Crippen molar-refractivity contribution < 1.29 is 0 Å². The van der Waals surface area contributed by atoms with Crippen molar-refractivity contribution in [2.24, 2.45) is 23.5 Å². The van der Waals surface area contributed by atoms with Crippen LogP contribution in [0.3, 0.4) is 0 Å². The lowest BCUT2D eigenvalue weighted by atomic mass is 9.72. The number of hydrogen-bond donors (Lipinski definition) is 1. The van der Waals surface area contributed by atoms with Gasteiger partial charge >= 0.3 is 0 Å². The molecule has 1 heterocycles. The Bertz CT molecular complexity index is 375. The summed E-state index contributed by atoms with van der Waals surface area (Å²) in [4.78, 5) is 4.25. The number of aryl methyl sites for hydroxylation is 1. The van der Waals surface area contributed by atoms with Crippen LogP contribution in [0.2, 0.25) is 0 Å². The molecule has 17 heavy (non-hydrogen) atoms. The van der Waals surface area contributed by atoms with Crippen LogP contribution in [0.5, 0.6) is 0 Å². The van der Waals surface area contributed by atoms with E-state index in [9.17, 15) is 0 Å². The molecule has 2 heteroatoms. The molecule has 0 aromatic carbocycles. The lowest BCUT2D eigenvalue weighted by Crippen LogP contribution is -2.29. The smallest absolute Gasteiger partial charge is 0.0339 e. The van der Waals surface area contributed by atoms with Gasteiger partial charge in [0.05, 0.1) is 0 Å². The molecular formula is C15H24N2. The summed E-state index contributed by atoms with van der Waals surface area (Å²) in [7, 11) is 0. The van der Waals surface area contributed by atoms with Crippen LogP contribution in [0, 0.1) is 24.7 Å². The van der Waals surface area contributed by atoms with Crippen LogP contribution >= 0.6 is 0 Å². The highest BCUT2D eigenvalue weighted by Crippen LogP contribution is 2.38. The maximum absolute atomic E-state index is 6.41. The molecule has 0 amide bonds. The third kappa shape index (κ3) is 2.86. The van der Waals surface area contributed by atoms with Crippen molar-refractivity contribution in [2.75, 3.05) is 0 Å². The van der Waals surface area contributed by atoms with Crippen molar-refractivity contribution in [1.29, 1.82) is 0 Å². The Kier molecular flexibility index (Phi) is 3.82. The van der Waals surface area contributed by atoms with Gasteiger partial charge in [-0.1, -0.05) is 26.3 Å². The molecule has 0 spiro atoms. The van der Waals surface area contributed by atoms with E-state index in [1.165, 1.54) is 30.4 Å². The van der Waals surface area contributed by atoms with Gasteiger partial charge in [0, 0.05) is 18.4 Å². The van der Waals surface area contributed by atoms with Gasteiger partial charge in [-0.05, 0) is 48.6 Å². The molecule has 0 bridgehead atoms. The van der Waals surface area contributed by atoms with Gasteiger partial charge in [-0.15, -0.1) is 0 Å². The first kappa shape index (κ1) is 12.6. The zero-order valence-corrected chi connectivity index (χ0v) is 11.2. The van der Waals surface area contributed by atoms with E-state index in [0.717, 1.165) is 11.8 Å². The van der Waals surface area contributed by atoms with Crippen LogP contribution in [0.15, 0.2) is 18.5 Å². The monoisotopic (exact) mass is 232 g/mol. The van der Waals surface area contributed by atoms with Gasteiger partial charge in [0.25, 0.3) is 0 Å². The summed E-state index contributed by atoms with van der Waals surface area (Å²) >= 11 is 0.